The van der Waals surface area contributed by atoms with Crippen LogP contribution >= 0.6 is 0 Å². The standard InChI is InChI=1S/C15H26O4/c1-4-7-9-12(6-3)15-17-10-13(11-18-15)19-14(16)8-5-2/h5,12-13,15H,2,4,6-11H2,1,3H3. The van der Waals surface area contributed by atoms with Gasteiger partial charge in [-0.3, -0.25) is 4.79 Å². The Hall–Kier alpha value is -0.870. The van der Waals surface area contributed by atoms with Crippen molar-refractivity contribution in [2.24, 2.45) is 5.92 Å². The summed E-state index contributed by atoms with van der Waals surface area (Å²) in [5, 5.41) is 0. The van der Waals surface area contributed by atoms with Crippen molar-refractivity contribution >= 4 is 5.97 Å². The van der Waals surface area contributed by atoms with Crippen LogP contribution in [0.3, 0.4) is 0 Å². The monoisotopic (exact) mass is 270 g/mol. The molecular formula is C15H26O4. The fourth-order valence-corrected chi connectivity index (χ4v) is 2.19. The lowest BCUT2D eigenvalue weighted by atomic mass is 9.98. The summed E-state index contributed by atoms with van der Waals surface area (Å²) in [7, 11) is 0. The molecule has 4 heteroatoms. The predicted molar refractivity (Wildman–Crippen MR) is 73.7 cm³/mol. The SMILES string of the molecule is C=CCC(=O)OC1COC(C(CC)CCCC)OC1. The third-order valence-electron chi connectivity index (χ3n) is 3.34. The molecule has 0 aromatic heterocycles. The summed E-state index contributed by atoms with van der Waals surface area (Å²) in [6.07, 6.45) is 5.88. The van der Waals surface area contributed by atoms with Crippen LogP contribution in [-0.4, -0.2) is 31.6 Å². The first-order chi connectivity index (χ1) is 9.21. The van der Waals surface area contributed by atoms with Crippen molar-refractivity contribution in [3.05, 3.63) is 12.7 Å². The Bertz CT molecular complexity index is 269. The number of esters is 1. The second-order valence-electron chi connectivity index (χ2n) is 4.95. The van der Waals surface area contributed by atoms with Gasteiger partial charge in [-0.05, 0) is 12.8 Å². The molecule has 110 valence electrons. The van der Waals surface area contributed by atoms with E-state index in [9.17, 15) is 4.79 Å². The van der Waals surface area contributed by atoms with E-state index in [-0.39, 0.29) is 24.8 Å². The van der Waals surface area contributed by atoms with E-state index >= 15 is 0 Å². The van der Waals surface area contributed by atoms with Gasteiger partial charge in [0.1, 0.15) is 6.10 Å². The summed E-state index contributed by atoms with van der Waals surface area (Å²) < 4.78 is 16.6. The number of rotatable bonds is 8. The molecule has 1 rings (SSSR count). The Morgan fingerprint density at radius 3 is 2.63 bits per heavy atom. The highest BCUT2D eigenvalue weighted by molar-refractivity contribution is 5.71. The van der Waals surface area contributed by atoms with Gasteiger partial charge in [0, 0.05) is 5.92 Å². The van der Waals surface area contributed by atoms with Crippen molar-refractivity contribution in [1.29, 1.82) is 0 Å². The van der Waals surface area contributed by atoms with Gasteiger partial charge in [0.25, 0.3) is 0 Å². The Morgan fingerprint density at radius 1 is 1.42 bits per heavy atom. The summed E-state index contributed by atoms with van der Waals surface area (Å²) in [5.74, 6) is 0.161. The highest BCUT2D eigenvalue weighted by atomic mass is 16.7. The van der Waals surface area contributed by atoms with Crippen LogP contribution in [0.4, 0.5) is 0 Å². The molecule has 1 aliphatic rings. The Kier molecular flexibility index (Phi) is 7.75. The smallest absolute Gasteiger partial charge is 0.310 e. The molecule has 1 heterocycles. The van der Waals surface area contributed by atoms with Crippen LogP contribution < -0.4 is 0 Å². The van der Waals surface area contributed by atoms with Gasteiger partial charge < -0.3 is 14.2 Å². The van der Waals surface area contributed by atoms with Gasteiger partial charge in [0.2, 0.25) is 0 Å². The van der Waals surface area contributed by atoms with Crippen LogP contribution in [0.25, 0.3) is 0 Å². The molecule has 1 fully saturated rings. The van der Waals surface area contributed by atoms with Crippen molar-refractivity contribution < 1.29 is 19.0 Å². The average molecular weight is 270 g/mol. The minimum atomic E-state index is -0.285. The second-order valence-corrected chi connectivity index (χ2v) is 4.95. The second kappa shape index (κ2) is 9.10. The molecule has 0 N–H and O–H groups in total. The molecule has 0 bridgehead atoms. The van der Waals surface area contributed by atoms with Crippen molar-refractivity contribution in [3.63, 3.8) is 0 Å². The molecule has 0 aliphatic carbocycles. The normalized spacial score (nSPS) is 24.7. The molecule has 1 atom stereocenters. The zero-order valence-corrected chi connectivity index (χ0v) is 12.1. The van der Waals surface area contributed by atoms with Crippen molar-refractivity contribution in [2.45, 2.75) is 58.3 Å². The summed E-state index contributed by atoms with van der Waals surface area (Å²) in [6, 6.07) is 0. The number of hydrogen-bond donors (Lipinski definition) is 0. The van der Waals surface area contributed by atoms with Crippen LogP contribution in [0.15, 0.2) is 12.7 Å². The molecule has 0 aromatic rings. The maximum absolute atomic E-state index is 11.3. The summed E-state index contributed by atoms with van der Waals surface area (Å²) in [5.41, 5.74) is 0. The van der Waals surface area contributed by atoms with Crippen molar-refractivity contribution in [1.82, 2.24) is 0 Å². The third-order valence-corrected chi connectivity index (χ3v) is 3.34. The van der Waals surface area contributed by atoms with Crippen LogP contribution in [-0.2, 0) is 19.0 Å². The number of hydrogen-bond acceptors (Lipinski definition) is 4. The predicted octanol–water partition coefficient (Wildman–Crippen LogP) is 3.06. The lowest BCUT2D eigenvalue weighted by Crippen LogP contribution is -2.41. The van der Waals surface area contributed by atoms with Crippen molar-refractivity contribution in [3.8, 4) is 0 Å². The van der Waals surface area contributed by atoms with Crippen LogP contribution in [0.2, 0.25) is 0 Å². The molecule has 19 heavy (non-hydrogen) atoms. The average Bonchev–Trinajstić information content (AvgIpc) is 2.41. The summed E-state index contributed by atoms with van der Waals surface area (Å²) in [6.45, 7) is 8.70. The van der Waals surface area contributed by atoms with E-state index in [4.69, 9.17) is 14.2 Å². The molecule has 1 saturated heterocycles. The van der Waals surface area contributed by atoms with Crippen LogP contribution in [0, 0.1) is 5.92 Å². The minimum absolute atomic E-state index is 0.147. The quantitative estimate of drug-likeness (QED) is 0.502. The number of carbonyl (C=O) groups excluding carboxylic acids is 1. The minimum Gasteiger partial charge on any atom is -0.457 e. The number of carbonyl (C=O) groups is 1. The molecule has 1 unspecified atom stereocenters. The highest BCUT2D eigenvalue weighted by Crippen LogP contribution is 2.23. The Balaban J connectivity index is 2.30. The maximum atomic E-state index is 11.3. The molecule has 0 spiro atoms. The molecular weight excluding hydrogens is 244 g/mol. The van der Waals surface area contributed by atoms with E-state index in [1.165, 1.54) is 18.9 Å². The largest absolute Gasteiger partial charge is 0.457 e. The van der Waals surface area contributed by atoms with Gasteiger partial charge in [-0.15, -0.1) is 6.58 Å². The van der Waals surface area contributed by atoms with Crippen LogP contribution in [0.1, 0.15) is 46.0 Å². The van der Waals surface area contributed by atoms with E-state index in [1.54, 1.807) is 0 Å². The number of ether oxygens (including phenoxy) is 3. The van der Waals surface area contributed by atoms with Gasteiger partial charge in [-0.1, -0.05) is 32.8 Å². The zero-order chi connectivity index (χ0) is 14.1. The molecule has 0 radical (unpaired) electrons. The lowest BCUT2D eigenvalue weighted by Gasteiger charge is -2.33. The topological polar surface area (TPSA) is 44.8 Å². The van der Waals surface area contributed by atoms with E-state index in [0.29, 0.717) is 19.1 Å². The maximum Gasteiger partial charge on any atom is 0.310 e. The first-order valence-corrected chi connectivity index (χ1v) is 7.24. The van der Waals surface area contributed by atoms with Crippen LogP contribution in [0.5, 0.6) is 0 Å². The Morgan fingerprint density at radius 2 is 2.11 bits per heavy atom. The first-order valence-electron chi connectivity index (χ1n) is 7.24. The Labute approximate surface area is 116 Å². The van der Waals surface area contributed by atoms with Crippen molar-refractivity contribution in [2.75, 3.05) is 13.2 Å². The molecule has 1 aliphatic heterocycles. The molecule has 0 saturated carbocycles. The third kappa shape index (κ3) is 5.74. The number of unbranched alkanes of at least 4 members (excludes halogenated alkanes) is 1. The molecule has 0 aromatic carbocycles. The highest BCUT2D eigenvalue weighted by Gasteiger charge is 2.29. The zero-order valence-electron chi connectivity index (χ0n) is 12.1. The van der Waals surface area contributed by atoms with E-state index in [1.807, 2.05) is 0 Å². The fraction of sp³-hybridized carbons (Fsp3) is 0.800. The summed E-state index contributed by atoms with van der Waals surface area (Å²) in [4.78, 5) is 11.3. The van der Waals surface area contributed by atoms with Gasteiger partial charge in [-0.2, -0.15) is 0 Å². The van der Waals surface area contributed by atoms with Gasteiger partial charge in [0.15, 0.2) is 6.29 Å². The van der Waals surface area contributed by atoms with Gasteiger partial charge >= 0.3 is 5.97 Å². The summed E-state index contributed by atoms with van der Waals surface area (Å²) >= 11 is 0. The molecule has 0 amide bonds. The fourth-order valence-electron chi connectivity index (χ4n) is 2.19. The lowest BCUT2D eigenvalue weighted by molar-refractivity contribution is -0.244. The van der Waals surface area contributed by atoms with E-state index in [0.717, 1.165) is 12.8 Å². The molecule has 4 nitrogen and oxygen atoms in total. The van der Waals surface area contributed by atoms with Gasteiger partial charge in [-0.25, -0.2) is 0 Å². The van der Waals surface area contributed by atoms with E-state index in [2.05, 4.69) is 20.4 Å². The van der Waals surface area contributed by atoms with Gasteiger partial charge in [0.05, 0.1) is 19.6 Å². The first kappa shape index (κ1) is 16.2. The van der Waals surface area contributed by atoms with E-state index < -0.39 is 0 Å².